The van der Waals surface area contributed by atoms with Gasteiger partial charge < -0.3 is 5.41 Å². The molecule has 0 heterocycles. The number of rotatable bonds is 1. The van der Waals surface area contributed by atoms with Crippen LogP contribution in [0.5, 0.6) is 0 Å². The summed E-state index contributed by atoms with van der Waals surface area (Å²) in [5, 5.41) is 15.8. The standard InChI is InChI=1S/C9H12N2/c10-7-3-5-8-4-1-2-6-9(8)11/h3,5,8,11H,1-2,4,6H2. The Bertz CT molecular complexity index is 210. The summed E-state index contributed by atoms with van der Waals surface area (Å²) in [4.78, 5) is 0. The van der Waals surface area contributed by atoms with Crippen molar-refractivity contribution >= 4 is 5.71 Å². The number of nitriles is 1. The van der Waals surface area contributed by atoms with Gasteiger partial charge in [0.1, 0.15) is 0 Å². The van der Waals surface area contributed by atoms with Crippen molar-refractivity contribution in [1.29, 1.82) is 10.7 Å². The molecule has 0 amide bonds. The van der Waals surface area contributed by atoms with Gasteiger partial charge in [-0.3, -0.25) is 0 Å². The van der Waals surface area contributed by atoms with Gasteiger partial charge in [0.25, 0.3) is 0 Å². The zero-order valence-electron chi connectivity index (χ0n) is 6.51. The summed E-state index contributed by atoms with van der Waals surface area (Å²) in [6, 6.07) is 1.96. The van der Waals surface area contributed by atoms with Crippen molar-refractivity contribution < 1.29 is 0 Å². The van der Waals surface area contributed by atoms with Crippen LogP contribution in [0, 0.1) is 22.7 Å². The highest BCUT2D eigenvalue weighted by molar-refractivity contribution is 5.85. The van der Waals surface area contributed by atoms with Crippen molar-refractivity contribution in [2.45, 2.75) is 25.7 Å². The summed E-state index contributed by atoms with van der Waals surface area (Å²) in [5.74, 6) is 0.253. The third-order valence-corrected chi connectivity index (χ3v) is 2.06. The third kappa shape index (κ3) is 2.19. The average Bonchev–Trinajstić information content (AvgIpc) is 2.03. The van der Waals surface area contributed by atoms with Crippen LogP contribution < -0.4 is 0 Å². The van der Waals surface area contributed by atoms with Crippen molar-refractivity contribution in [3.8, 4) is 6.07 Å². The van der Waals surface area contributed by atoms with Crippen LogP contribution >= 0.6 is 0 Å². The maximum absolute atomic E-state index is 8.28. The Kier molecular flexibility index (Phi) is 2.85. The molecule has 1 unspecified atom stereocenters. The molecule has 1 N–H and O–H groups in total. The van der Waals surface area contributed by atoms with Gasteiger partial charge in [0.05, 0.1) is 6.07 Å². The molecule has 2 nitrogen and oxygen atoms in total. The van der Waals surface area contributed by atoms with E-state index in [1.54, 1.807) is 0 Å². The fraction of sp³-hybridized carbons (Fsp3) is 0.556. The minimum Gasteiger partial charge on any atom is -0.309 e. The van der Waals surface area contributed by atoms with E-state index in [1.165, 1.54) is 12.5 Å². The molecule has 1 saturated carbocycles. The van der Waals surface area contributed by atoms with E-state index in [1.807, 2.05) is 12.1 Å². The molecule has 0 bridgehead atoms. The van der Waals surface area contributed by atoms with Crippen LogP contribution in [0.1, 0.15) is 25.7 Å². The van der Waals surface area contributed by atoms with Gasteiger partial charge in [-0.2, -0.15) is 5.26 Å². The molecule has 58 valence electrons. The molecule has 0 spiro atoms. The molecule has 0 radical (unpaired) electrons. The van der Waals surface area contributed by atoms with Crippen LogP contribution in [-0.4, -0.2) is 5.71 Å². The lowest BCUT2D eigenvalue weighted by atomic mass is 9.87. The Balaban J connectivity index is 2.50. The van der Waals surface area contributed by atoms with Crippen LogP contribution in [0.15, 0.2) is 12.2 Å². The number of allylic oxidation sites excluding steroid dienone is 2. The monoisotopic (exact) mass is 148 g/mol. The van der Waals surface area contributed by atoms with E-state index in [4.69, 9.17) is 10.7 Å². The molecule has 0 aromatic heterocycles. The fourth-order valence-corrected chi connectivity index (χ4v) is 1.41. The second-order valence-electron chi connectivity index (χ2n) is 2.87. The lowest BCUT2D eigenvalue weighted by molar-refractivity contribution is 0.591. The quantitative estimate of drug-likeness (QED) is 0.570. The smallest absolute Gasteiger partial charge is 0.0908 e. The van der Waals surface area contributed by atoms with E-state index < -0.39 is 0 Å². The Labute approximate surface area is 67.0 Å². The molecular weight excluding hydrogens is 136 g/mol. The molecule has 0 aromatic carbocycles. The molecule has 1 fully saturated rings. The van der Waals surface area contributed by atoms with Crippen molar-refractivity contribution in [3.05, 3.63) is 12.2 Å². The first-order valence-electron chi connectivity index (χ1n) is 3.98. The first-order valence-corrected chi connectivity index (χ1v) is 3.98. The van der Waals surface area contributed by atoms with Gasteiger partial charge in [-0.1, -0.05) is 12.5 Å². The van der Waals surface area contributed by atoms with E-state index in [0.29, 0.717) is 0 Å². The van der Waals surface area contributed by atoms with Crippen LogP contribution in [0.25, 0.3) is 0 Å². The largest absolute Gasteiger partial charge is 0.309 e. The SMILES string of the molecule is N#CC=CC1CCCCC1=N. The van der Waals surface area contributed by atoms with E-state index >= 15 is 0 Å². The molecule has 0 saturated heterocycles. The van der Waals surface area contributed by atoms with E-state index in [-0.39, 0.29) is 5.92 Å². The first kappa shape index (κ1) is 8.00. The molecular formula is C9H12N2. The van der Waals surface area contributed by atoms with Gasteiger partial charge >= 0.3 is 0 Å². The van der Waals surface area contributed by atoms with Crippen LogP contribution in [0.2, 0.25) is 0 Å². The zero-order chi connectivity index (χ0) is 8.10. The number of hydrogen-bond donors (Lipinski definition) is 1. The summed E-state index contributed by atoms with van der Waals surface area (Å²) in [5.41, 5.74) is 0.794. The van der Waals surface area contributed by atoms with Gasteiger partial charge in [-0.05, 0) is 19.3 Å². The third-order valence-electron chi connectivity index (χ3n) is 2.06. The highest BCUT2D eigenvalue weighted by atomic mass is 14.4. The Hall–Kier alpha value is -1.10. The molecule has 1 rings (SSSR count). The Morgan fingerprint density at radius 1 is 1.55 bits per heavy atom. The van der Waals surface area contributed by atoms with Crippen molar-refractivity contribution in [3.63, 3.8) is 0 Å². The van der Waals surface area contributed by atoms with E-state index in [0.717, 1.165) is 25.0 Å². The molecule has 0 aliphatic heterocycles. The second kappa shape index (κ2) is 3.92. The topological polar surface area (TPSA) is 47.6 Å². The average molecular weight is 148 g/mol. The van der Waals surface area contributed by atoms with E-state index in [2.05, 4.69) is 0 Å². The Morgan fingerprint density at radius 2 is 2.36 bits per heavy atom. The predicted octanol–water partition coefficient (Wildman–Crippen LogP) is 2.28. The summed E-state index contributed by atoms with van der Waals surface area (Å²) >= 11 is 0. The van der Waals surface area contributed by atoms with Crippen LogP contribution in [0.4, 0.5) is 0 Å². The minimum absolute atomic E-state index is 0.253. The number of nitrogens with one attached hydrogen (secondary N) is 1. The van der Waals surface area contributed by atoms with Crippen molar-refractivity contribution in [2.75, 3.05) is 0 Å². The second-order valence-corrected chi connectivity index (χ2v) is 2.87. The van der Waals surface area contributed by atoms with Gasteiger partial charge in [-0.25, -0.2) is 0 Å². The number of nitrogens with zero attached hydrogens (tertiary/aromatic N) is 1. The van der Waals surface area contributed by atoms with Crippen LogP contribution in [0.3, 0.4) is 0 Å². The lowest BCUT2D eigenvalue weighted by Crippen LogP contribution is -2.15. The molecule has 1 aliphatic rings. The van der Waals surface area contributed by atoms with Crippen LogP contribution in [-0.2, 0) is 0 Å². The normalized spacial score (nSPS) is 25.4. The Morgan fingerprint density at radius 3 is 3.00 bits per heavy atom. The molecule has 11 heavy (non-hydrogen) atoms. The maximum atomic E-state index is 8.28. The zero-order valence-corrected chi connectivity index (χ0v) is 6.51. The fourth-order valence-electron chi connectivity index (χ4n) is 1.41. The van der Waals surface area contributed by atoms with Gasteiger partial charge in [-0.15, -0.1) is 0 Å². The summed E-state index contributed by atoms with van der Waals surface area (Å²) < 4.78 is 0. The summed E-state index contributed by atoms with van der Waals surface area (Å²) in [7, 11) is 0. The first-order chi connectivity index (χ1) is 5.34. The molecule has 1 atom stereocenters. The highest BCUT2D eigenvalue weighted by Crippen LogP contribution is 2.21. The predicted molar refractivity (Wildman–Crippen MR) is 44.4 cm³/mol. The lowest BCUT2D eigenvalue weighted by Gasteiger charge is -2.18. The van der Waals surface area contributed by atoms with Gasteiger partial charge in [0.15, 0.2) is 0 Å². The van der Waals surface area contributed by atoms with Crippen molar-refractivity contribution in [1.82, 2.24) is 0 Å². The summed E-state index contributed by atoms with van der Waals surface area (Å²) in [6.45, 7) is 0. The van der Waals surface area contributed by atoms with E-state index in [9.17, 15) is 0 Å². The maximum Gasteiger partial charge on any atom is 0.0908 e. The van der Waals surface area contributed by atoms with Crippen molar-refractivity contribution in [2.24, 2.45) is 5.92 Å². The summed E-state index contributed by atoms with van der Waals surface area (Å²) in [6.07, 6.45) is 7.65. The van der Waals surface area contributed by atoms with Gasteiger partial charge in [0, 0.05) is 17.7 Å². The minimum atomic E-state index is 0.253. The molecule has 2 heteroatoms. The van der Waals surface area contributed by atoms with Gasteiger partial charge in [0.2, 0.25) is 0 Å². The molecule has 0 aromatic rings. The number of hydrogen-bond acceptors (Lipinski definition) is 2. The molecule has 1 aliphatic carbocycles. The highest BCUT2D eigenvalue weighted by Gasteiger charge is 2.15.